The standard InChI is InChI=1S/C44H40N4O5/c1-43(2,41(50)51)47-40(49)39(46-42(52)53-28-38-36-24-14-12-22-34(36)35-23-13-15-25-37(35)38)26-33-27-48(29-45-33)44(30-16-6-3-7-17-30,31-18-8-4-9-19-31)32-20-10-5-11-21-32/h3-25,27,29,38-39H,26,28H2,1-2H3,(H,46,52)(H,47,49)(H,50,51)/t39-/m0/s1. The second kappa shape index (κ2) is 14.6. The number of nitrogens with one attached hydrogen (secondary N) is 2. The number of amides is 2. The van der Waals surface area contributed by atoms with Gasteiger partial charge in [-0.1, -0.05) is 140 Å². The second-order valence-corrected chi connectivity index (χ2v) is 13.7. The van der Waals surface area contributed by atoms with E-state index in [4.69, 9.17) is 9.72 Å². The lowest BCUT2D eigenvalue weighted by atomic mass is 9.77. The third kappa shape index (κ3) is 6.81. The summed E-state index contributed by atoms with van der Waals surface area (Å²) in [5.41, 5.74) is 5.37. The summed E-state index contributed by atoms with van der Waals surface area (Å²) in [4.78, 5) is 44.0. The van der Waals surface area contributed by atoms with Gasteiger partial charge in [-0.15, -0.1) is 0 Å². The van der Waals surface area contributed by atoms with Crippen LogP contribution >= 0.6 is 0 Å². The molecule has 1 atom stereocenters. The van der Waals surface area contributed by atoms with Gasteiger partial charge in [0.2, 0.25) is 5.91 Å². The number of aliphatic carboxylic acids is 1. The van der Waals surface area contributed by atoms with E-state index < -0.39 is 35.1 Å². The van der Waals surface area contributed by atoms with Crippen molar-refractivity contribution >= 4 is 18.0 Å². The number of benzene rings is 5. The van der Waals surface area contributed by atoms with Gasteiger partial charge in [0, 0.05) is 18.5 Å². The Bertz CT molecular complexity index is 2090. The van der Waals surface area contributed by atoms with Crippen molar-refractivity contribution in [2.45, 2.75) is 43.3 Å². The van der Waals surface area contributed by atoms with E-state index in [0.717, 1.165) is 38.9 Å². The van der Waals surface area contributed by atoms with Crippen LogP contribution in [0.2, 0.25) is 0 Å². The summed E-state index contributed by atoms with van der Waals surface area (Å²) in [5, 5.41) is 15.1. The molecule has 0 spiro atoms. The highest BCUT2D eigenvalue weighted by Crippen LogP contribution is 2.45. The number of fused-ring (bicyclic) bond motifs is 3. The fourth-order valence-electron chi connectivity index (χ4n) is 7.29. The normalized spacial score (nSPS) is 13.0. The van der Waals surface area contributed by atoms with Gasteiger partial charge in [0.15, 0.2) is 0 Å². The number of nitrogens with zero attached hydrogens (tertiary/aromatic N) is 2. The molecular formula is C44H40N4O5. The van der Waals surface area contributed by atoms with Crippen LogP contribution < -0.4 is 10.6 Å². The Hall–Kier alpha value is -6.48. The number of hydrogen-bond acceptors (Lipinski definition) is 5. The Morgan fingerprint density at radius 3 is 1.70 bits per heavy atom. The predicted molar refractivity (Wildman–Crippen MR) is 202 cm³/mol. The molecule has 0 saturated heterocycles. The van der Waals surface area contributed by atoms with Gasteiger partial charge in [0.25, 0.3) is 0 Å². The number of carbonyl (C=O) groups is 3. The Labute approximate surface area is 308 Å². The molecule has 7 rings (SSSR count). The van der Waals surface area contributed by atoms with Gasteiger partial charge in [0.05, 0.1) is 12.0 Å². The molecule has 0 saturated carbocycles. The SMILES string of the molecule is CC(C)(NC(=O)[C@H](Cc1cn(C(c2ccccc2)(c2ccccc2)c2ccccc2)cn1)NC(=O)OCC1c2ccccc2-c2ccccc21)C(=O)O. The van der Waals surface area contributed by atoms with Crippen LogP contribution in [-0.4, -0.2) is 50.8 Å². The molecule has 1 aromatic heterocycles. The van der Waals surface area contributed by atoms with Crippen LogP contribution in [0.3, 0.4) is 0 Å². The van der Waals surface area contributed by atoms with Crippen molar-refractivity contribution in [3.05, 3.63) is 186 Å². The average Bonchev–Trinajstić information content (AvgIpc) is 3.78. The molecule has 9 nitrogen and oxygen atoms in total. The highest BCUT2D eigenvalue weighted by atomic mass is 16.5. The van der Waals surface area contributed by atoms with Crippen LogP contribution in [0.1, 0.15) is 53.3 Å². The zero-order valence-electron chi connectivity index (χ0n) is 29.5. The first-order chi connectivity index (χ1) is 25.7. The molecule has 266 valence electrons. The Morgan fingerprint density at radius 1 is 0.736 bits per heavy atom. The Kier molecular flexibility index (Phi) is 9.65. The van der Waals surface area contributed by atoms with E-state index >= 15 is 0 Å². The van der Waals surface area contributed by atoms with Gasteiger partial charge in [-0.3, -0.25) is 4.79 Å². The highest BCUT2D eigenvalue weighted by molar-refractivity contribution is 5.91. The maximum absolute atomic E-state index is 13.8. The number of alkyl carbamates (subject to hydrolysis) is 1. The summed E-state index contributed by atoms with van der Waals surface area (Å²) in [6, 6.07) is 45.2. The number of hydrogen-bond donors (Lipinski definition) is 3. The van der Waals surface area contributed by atoms with Gasteiger partial charge in [-0.25, -0.2) is 14.6 Å². The molecule has 1 aliphatic carbocycles. The zero-order chi connectivity index (χ0) is 37.0. The monoisotopic (exact) mass is 704 g/mol. The highest BCUT2D eigenvalue weighted by Gasteiger charge is 2.39. The summed E-state index contributed by atoms with van der Waals surface area (Å²) in [6.07, 6.45) is 2.76. The smallest absolute Gasteiger partial charge is 0.407 e. The van der Waals surface area contributed by atoms with Crippen LogP contribution in [0.15, 0.2) is 152 Å². The maximum Gasteiger partial charge on any atom is 0.407 e. The zero-order valence-corrected chi connectivity index (χ0v) is 29.5. The molecule has 9 heteroatoms. The van der Waals surface area contributed by atoms with Crippen LogP contribution in [-0.2, 0) is 26.3 Å². The third-order valence-electron chi connectivity index (χ3n) is 9.93. The van der Waals surface area contributed by atoms with Crippen LogP contribution in [0.25, 0.3) is 11.1 Å². The van der Waals surface area contributed by atoms with Crippen molar-refractivity contribution in [2.24, 2.45) is 0 Å². The van der Waals surface area contributed by atoms with Gasteiger partial charge in [-0.05, 0) is 52.8 Å². The first-order valence-corrected chi connectivity index (χ1v) is 17.6. The number of ether oxygens (including phenoxy) is 1. The third-order valence-corrected chi connectivity index (χ3v) is 9.93. The van der Waals surface area contributed by atoms with Crippen molar-refractivity contribution in [1.29, 1.82) is 0 Å². The summed E-state index contributed by atoms with van der Waals surface area (Å²) in [5.74, 6) is -2.07. The number of carbonyl (C=O) groups excluding carboxylic acids is 2. The van der Waals surface area contributed by atoms with Crippen LogP contribution in [0, 0.1) is 0 Å². The van der Waals surface area contributed by atoms with Gasteiger partial charge < -0.3 is 25.0 Å². The second-order valence-electron chi connectivity index (χ2n) is 13.7. The first-order valence-electron chi connectivity index (χ1n) is 17.6. The van der Waals surface area contributed by atoms with E-state index in [1.54, 1.807) is 6.33 Å². The molecule has 0 unspecified atom stereocenters. The average molecular weight is 705 g/mol. The lowest BCUT2D eigenvalue weighted by Crippen LogP contribution is -2.57. The number of rotatable bonds is 12. The molecule has 6 aromatic rings. The van der Waals surface area contributed by atoms with E-state index in [9.17, 15) is 19.5 Å². The minimum atomic E-state index is -1.60. The van der Waals surface area contributed by atoms with Crippen molar-refractivity contribution in [1.82, 2.24) is 20.2 Å². The molecule has 3 N–H and O–H groups in total. The molecule has 0 radical (unpaired) electrons. The van der Waals surface area contributed by atoms with Crippen LogP contribution in [0.4, 0.5) is 4.79 Å². The molecule has 0 bridgehead atoms. The van der Waals surface area contributed by atoms with Gasteiger partial charge in [0.1, 0.15) is 23.7 Å². The van der Waals surface area contributed by atoms with E-state index in [1.165, 1.54) is 13.8 Å². The van der Waals surface area contributed by atoms with Crippen molar-refractivity contribution in [2.75, 3.05) is 6.61 Å². The van der Waals surface area contributed by atoms with E-state index in [-0.39, 0.29) is 18.9 Å². The summed E-state index contributed by atoms with van der Waals surface area (Å²) >= 11 is 0. The fraction of sp³-hybridized carbons (Fsp3) is 0.182. The Balaban J connectivity index is 1.20. The minimum absolute atomic E-state index is 0.0345. The van der Waals surface area contributed by atoms with Gasteiger partial charge >= 0.3 is 12.1 Å². The molecule has 0 aliphatic heterocycles. The van der Waals surface area contributed by atoms with Crippen molar-refractivity contribution < 1.29 is 24.2 Å². The topological polar surface area (TPSA) is 123 Å². The summed E-state index contributed by atoms with van der Waals surface area (Å²) < 4.78 is 7.82. The molecule has 2 amide bonds. The molecule has 5 aromatic carbocycles. The minimum Gasteiger partial charge on any atom is -0.480 e. The molecule has 1 heterocycles. The largest absolute Gasteiger partial charge is 0.480 e. The van der Waals surface area contributed by atoms with Gasteiger partial charge in [-0.2, -0.15) is 0 Å². The number of carboxylic acids is 1. The first kappa shape index (κ1) is 34.9. The molecule has 1 aliphatic rings. The number of imidazole rings is 1. The number of carboxylic acid groups (broad SMARTS) is 1. The molecule has 0 fully saturated rings. The predicted octanol–water partition coefficient (Wildman–Crippen LogP) is 7.15. The van der Waals surface area contributed by atoms with Crippen LogP contribution in [0.5, 0.6) is 0 Å². The maximum atomic E-state index is 13.8. The van der Waals surface area contributed by atoms with E-state index in [1.807, 2.05) is 102 Å². The molecule has 53 heavy (non-hydrogen) atoms. The number of aromatic nitrogens is 2. The van der Waals surface area contributed by atoms with E-state index in [2.05, 4.69) is 59.2 Å². The quantitative estimate of drug-likeness (QED) is 0.116. The Morgan fingerprint density at radius 2 is 1.21 bits per heavy atom. The van der Waals surface area contributed by atoms with Crippen molar-refractivity contribution in [3.8, 4) is 11.1 Å². The summed E-state index contributed by atoms with van der Waals surface area (Å²) in [7, 11) is 0. The fourth-order valence-corrected chi connectivity index (χ4v) is 7.29. The van der Waals surface area contributed by atoms with Crippen molar-refractivity contribution in [3.63, 3.8) is 0 Å². The lowest BCUT2D eigenvalue weighted by molar-refractivity contribution is -0.146. The lowest BCUT2D eigenvalue weighted by Gasteiger charge is -2.37. The molecular weight excluding hydrogens is 665 g/mol. The van der Waals surface area contributed by atoms with E-state index in [0.29, 0.717) is 5.69 Å². The summed E-state index contributed by atoms with van der Waals surface area (Å²) in [6.45, 7) is 2.83.